The van der Waals surface area contributed by atoms with Gasteiger partial charge in [0, 0.05) is 33.4 Å². The van der Waals surface area contributed by atoms with Crippen LogP contribution in [0.15, 0.2) is 24.3 Å². The average Bonchev–Trinajstić information content (AvgIpc) is 2.57. The SMILES string of the molecule is COCCCCN1CCCNc2ccccc21. The largest absolute Gasteiger partial charge is 0.385 e. The molecule has 2 rings (SSSR count). The van der Waals surface area contributed by atoms with Crippen LogP contribution < -0.4 is 10.2 Å². The topological polar surface area (TPSA) is 24.5 Å². The van der Waals surface area contributed by atoms with E-state index >= 15 is 0 Å². The molecule has 1 aromatic carbocycles. The van der Waals surface area contributed by atoms with Crippen molar-refractivity contribution in [2.45, 2.75) is 19.3 Å². The lowest BCUT2D eigenvalue weighted by molar-refractivity contribution is 0.193. The number of hydrogen-bond donors (Lipinski definition) is 1. The maximum absolute atomic E-state index is 5.09. The maximum Gasteiger partial charge on any atom is 0.0602 e. The van der Waals surface area contributed by atoms with Crippen LogP contribution >= 0.6 is 0 Å². The Kier molecular flexibility index (Phi) is 4.68. The Hall–Kier alpha value is -1.22. The predicted octanol–water partition coefficient (Wildman–Crippen LogP) is 2.74. The van der Waals surface area contributed by atoms with Crippen molar-refractivity contribution in [2.24, 2.45) is 0 Å². The molecule has 0 aliphatic carbocycles. The van der Waals surface area contributed by atoms with E-state index in [1.165, 1.54) is 24.2 Å². The summed E-state index contributed by atoms with van der Waals surface area (Å²) in [5, 5.41) is 3.49. The molecule has 0 amide bonds. The molecule has 17 heavy (non-hydrogen) atoms. The fourth-order valence-electron chi connectivity index (χ4n) is 2.29. The Balaban J connectivity index is 1.97. The zero-order valence-corrected chi connectivity index (χ0v) is 10.6. The van der Waals surface area contributed by atoms with Gasteiger partial charge in [-0.3, -0.25) is 0 Å². The summed E-state index contributed by atoms with van der Waals surface area (Å²) in [6.45, 7) is 4.22. The number of hydrogen-bond acceptors (Lipinski definition) is 3. The van der Waals surface area contributed by atoms with E-state index in [1.54, 1.807) is 7.11 Å². The highest BCUT2D eigenvalue weighted by atomic mass is 16.5. The smallest absolute Gasteiger partial charge is 0.0602 e. The van der Waals surface area contributed by atoms with Gasteiger partial charge in [0.1, 0.15) is 0 Å². The van der Waals surface area contributed by atoms with Gasteiger partial charge in [-0.2, -0.15) is 0 Å². The van der Waals surface area contributed by atoms with Crippen LogP contribution in [0.25, 0.3) is 0 Å². The Labute approximate surface area is 104 Å². The molecular formula is C14H22N2O. The molecule has 3 nitrogen and oxygen atoms in total. The Morgan fingerprint density at radius 3 is 3.06 bits per heavy atom. The number of nitrogens with zero attached hydrogens (tertiary/aromatic N) is 1. The van der Waals surface area contributed by atoms with E-state index in [0.717, 1.165) is 32.7 Å². The summed E-state index contributed by atoms with van der Waals surface area (Å²) in [5.74, 6) is 0. The summed E-state index contributed by atoms with van der Waals surface area (Å²) in [7, 11) is 1.77. The average molecular weight is 234 g/mol. The number of nitrogens with one attached hydrogen (secondary N) is 1. The van der Waals surface area contributed by atoms with E-state index in [4.69, 9.17) is 4.74 Å². The molecule has 0 bridgehead atoms. The third-order valence-electron chi connectivity index (χ3n) is 3.19. The van der Waals surface area contributed by atoms with Gasteiger partial charge in [-0.1, -0.05) is 12.1 Å². The molecule has 94 valence electrons. The number of ether oxygens (including phenoxy) is 1. The number of methoxy groups -OCH3 is 1. The molecule has 0 radical (unpaired) electrons. The normalized spacial score (nSPS) is 15.0. The molecular weight excluding hydrogens is 212 g/mol. The Bertz CT molecular complexity index is 341. The summed E-state index contributed by atoms with van der Waals surface area (Å²) in [5.41, 5.74) is 2.62. The summed E-state index contributed by atoms with van der Waals surface area (Å²) in [6.07, 6.45) is 3.55. The van der Waals surface area contributed by atoms with E-state index in [1.807, 2.05) is 0 Å². The van der Waals surface area contributed by atoms with Gasteiger partial charge in [0.15, 0.2) is 0 Å². The molecule has 1 aliphatic heterocycles. The predicted molar refractivity (Wildman–Crippen MR) is 72.9 cm³/mol. The second-order valence-electron chi connectivity index (χ2n) is 4.48. The summed E-state index contributed by atoms with van der Waals surface area (Å²) in [6, 6.07) is 8.60. The number of benzene rings is 1. The van der Waals surface area contributed by atoms with E-state index in [-0.39, 0.29) is 0 Å². The number of fused-ring (bicyclic) bond motifs is 1. The van der Waals surface area contributed by atoms with Crippen LogP contribution in [0.1, 0.15) is 19.3 Å². The van der Waals surface area contributed by atoms with Crippen LogP contribution in [0, 0.1) is 0 Å². The highest BCUT2D eigenvalue weighted by molar-refractivity contribution is 5.70. The quantitative estimate of drug-likeness (QED) is 0.793. The standard InChI is InChI=1S/C14H22N2O/c1-17-12-5-4-10-16-11-6-9-15-13-7-2-3-8-14(13)16/h2-3,7-8,15H,4-6,9-12H2,1H3. The summed E-state index contributed by atoms with van der Waals surface area (Å²) < 4.78 is 5.09. The summed E-state index contributed by atoms with van der Waals surface area (Å²) >= 11 is 0. The number of unbranched alkanes of at least 4 members (excludes halogenated alkanes) is 1. The second-order valence-corrected chi connectivity index (χ2v) is 4.48. The zero-order chi connectivity index (χ0) is 11.9. The van der Waals surface area contributed by atoms with Crippen molar-refractivity contribution in [3.05, 3.63) is 24.3 Å². The number of para-hydroxylation sites is 2. The number of anilines is 2. The molecule has 0 unspecified atom stereocenters. The molecule has 1 aromatic rings. The molecule has 0 aromatic heterocycles. The van der Waals surface area contributed by atoms with Gasteiger partial charge in [-0.25, -0.2) is 0 Å². The van der Waals surface area contributed by atoms with Gasteiger partial charge in [0.25, 0.3) is 0 Å². The summed E-state index contributed by atoms with van der Waals surface area (Å²) in [4.78, 5) is 2.49. The highest BCUT2D eigenvalue weighted by Crippen LogP contribution is 2.27. The van der Waals surface area contributed by atoms with Crippen molar-refractivity contribution in [1.29, 1.82) is 0 Å². The second kappa shape index (κ2) is 6.50. The van der Waals surface area contributed by atoms with Gasteiger partial charge >= 0.3 is 0 Å². The third-order valence-corrected chi connectivity index (χ3v) is 3.19. The lowest BCUT2D eigenvalue weighted by Gasteiger charge is -2.24. The van der Waals surface area contributed by atoms with E-state index in [2.05, 4.69) is 34.5 Å². The minimum absolute atomic E-state index is 0.869. The van der Waals surface area contributed by atoms with Gasteiger partial charge < -0.3 is 15.0 Å². The molecule has 0 spiro atoms. The van der Waals surface area contributed by atoms with Crippen LogP contribution in [0.2, 0.25) is 0 Å². The molecule has 0 fully saturated rings. The van der Waals surface area contributed by atoms with Crippen molar-refractivity contribution < 1.29 is 4.74 Å². The van der Waals surface area contributed by atoms with E-state index in [0.29, 0.717) is 0 Å². The van der Waals surface area contributed by atoms with Crippen LogP contribution in [-0.2, 0) is 4.74 Å². The molecule has 0 saturated heterocycles. The monoisotopic (exact) mass is 234 g/mol. The highest BCUT2D eigenvalue weighted by Gasteiger charge is 2.13. The van der Waals surface area contributed by atoms with Crippen molar-refractivity contribution in [3.63, 3.8) is 0 Å². The van der Waals surface area contributed by atoms with Crippen LogP contribution in [0.4, 0.5) is 11.4 Å². The van der Waals surface area contributed by atoms with Crippen molar-refractivity contribution >= 4 is 11.4 Å². The lowest BCUT2D eigenvalue weighted by atomic mass is 10.2. The van der Waals surface area contributed by atoms with Crippen LogP contribution in [0.3, 0.4) is 0 Å². The minimum atomic E-state index is 0.869. The zero-order valence-electron chi connectivity index (χ0n) is 10.6. The third kappa shape index (κ3) is 3.37. The van der Waals surface area contributed by atoms with Gasteiger partial charge in [-0.15, -0.1) is 0 Å². The number of rotatable bonds is 5. The molecule has 1 heterocycles. The minimum Gasteiger partial charge on any atom is -0.385 e. The molecule has 1 aliphatic rings. The van der Waals surface area contributed by atoms with Crippen LogP contribution in [-0.4, -0.2) is 33.4 Å². The molecule has 3 heteroatoms. The van der Waals surface area contributed by atoms with Gasteiger partial charge in [-0.05, 0) is 31.4 Å². The van der Waals surface area contributed by atoms with Gasteiger partial charge in [0.05, 0.1) is 11.4 Å². The van der Waals surface area contributed by atoms with Crippen molar-refractivity contribution in [1.82, 2.24) is 0 Å². The molecule has 1 N–H and O–H groups in total. The first-order chi connectivity index (χ1) is 8.42. The Morgan fingerprint density at radius 2 is 2.18 bits per heavy atom. The fraction of sp³-hybridized carbons (Fsp3) is 0.571. The van der Waals surface area contributed by atoms with Crippen LogP contribution in [0.5, 0.6) is 0 Å². The lowest BCUT2D eigenvalue weighted by Crippen LogP contribution is -2.25. The van der Waals surface area contributed by atoms with E-state index < -0.39 is 0 Å². The van der Waals surface area contributed by atoms with Crippen molar-refractivity contribution in [2.75, 3.05) is 43.6 Å². The first-order valence-corrected chi connectivity index (χ1v) is 6.48. The van der Waals surface area contributed by atoms with Gasteiger partial charge in [0.2, 0.25) is 0 Å². The fourth-order valence-corrected chi connectivity index (χ4v) is 2.29. The first kappa shape index (κ1) is 12.2. The van der Waals surface area contributed by atoms with Crippen molar-refractivity contribution in [3.8, 4) is 0 Å². The molecule has 0 atom stereocenters. The molecule has 0 saturated carbocycles. The maximum atomic E-state index is 5.09. The Morgan fingerprint density at radius 1 is 1.29 bits per heavy atom. The first-order valence-electron chi connectivity index (χ1n) is 6.48. The van der Waals surface area contributed by atoms with E-state index in [9.17, 15) is 0 Å².